The molecule has 0 aliphatic rings. The largest absolute Gasteiger partial charge is 0.358 e. The highest BCUT2D eigenvalue weighted by Crippen LogP contribution is 1.80. The van der Waals surface area contributed by atoms with E-state index < -0.39 is 0 Å². The van der Waals surface area contributed by atoms with E-state index in [0.717, 1.165) is 13.0 Å². The van der Waals surface area contributed by atoms with Gasteiger partial charge in [0.25, 0.3) is 0 Å². The van der Waals surface area contributed by atoms with Gasteiger partial charge in [-0.2, -0.15) is 0 Å². The second kappa shape index (κ2) is 5.23. The SMILES string of the molecule is CCCNC(C)C(=O)NC. The molecule has 3 heteroatoms. The molecule has 0 spiro atoms. The maximum atomic E-state index is 10.8. The van der Waals surface area contributed by atoms with Gasteiger partial charge in [-0.05, 0) is 19.9 Å². The Morgan fingerprint density at radius 3 is 2.60 bits per heavy atom. The molecule has 0 aromatic carbocycles. The number of nitrogens with one attached hydrogen (secondary N) is 2. The molecule has 0 radical (unpaired) electrons. The Bertz CT molecular complexity index is 104. The first-order valence-corrected chi connectivity index (χ1v) is 3.67. The normalized spacial score (nSPS) is 12.7. The van der Waals surface area contributed by atoms with Crippen LogP contribution in [0.5, 0.6) is 0 Å². The molecule has 0 saturated carbocycles. The molecular weight excluding hydrogens is 128 g/mol. The second-order valence-electron chi connectivity index (χ2n) is 2.29. The average Bonchev–Trinajstić information content (AvgIpc) is 1.98. The Morgan fingerprint density at radius 1 is 1.60 bits per heavy atom. The third-order valence-corrected chi connectivity index (χ3v) is 1.34. The fraction of sp³-hybridized carbons (Fsp3) is 0.857. The first kappa shape index (κ1) is 9.43. The molecule has 0 fully saturated rings. The summed E-state index contributed by atoms with van der Waals surface area (Å²) in [5.41, 5.74) is 0. The monoisotopic (exact) mass is 144 g/mol. The van der Waals surface area contributed by atoms with E-state index >= 15 is 0 Å². The number of carbonyl (C=O) groups is 1. The number of rotatable bonds is 4. The van der Waals surface area contributed by atoms with Crippen LogP contribution in [-0.2, 0) is 4.79 Å². The summed E-state index contributed by atoms with van der Waals surface area (Å²) in [6.07, 6.45) is 1.06. The van der Waals surface area contributed by atoms with Gasteiger partial charge in [0.2, 0.25) is 5.91 Å². The molecule has 0 rings (SSSR count). The van der Waals surface area contributed by atoms with Gasteiger partial charge in [0.1, 0.15) is 0 Å². The minimum absolute atomic E-state index is 0.0495. The topological polar surface area (TPSA) is 41.1 Å². The highest BCUT2D eigenvalue weighted by atomic mass is 16.2. The van der Waals surface area contributed by atoms with Crippen LogP contribution in [0.25, 0.3) is 0 Å². The lowest BCUT2D eigenvalue weighted by molar-refractivity contribution is -0.122. The zero-order valence-corrected chi connectivity index (χ0v) is 6.90. The molecule has 0 saturated heterocycles. The molecule has 0 bridgehead atoms. The van der Waals surface area contributed by atoms with Crippen molar-refractivity contribution >= 4 is 5.91 Å². The zero-order chi connectivity index (χ0) is 7.98. The molecule has 1 unspecified atom stereocenters. The van der Waals surface area contributed by atoms with E-state index in [4.69, 9.17) is 0 Å². The number of hydrogen-bond acceptors (Lipinski definition) is 2. The van der Waals surface area contributed by atoms with Crippen LogP contribution >= 0.6 is 0 Å². The molecule has 1 amide bonds. The van der Waals surface area contributed by atoms with Gasteiger partial charge in [-0.25, -0.2) is 0 Å². The van der Waals surface area contributed by atoms with E-state index in [2.05, 4.69) is 17.6 Å². The summed E-state index contributed by atoms with van der Waals surface area (Å²) in [5.74, 6) is 0.0495. The average molecular weight is 144 g/mol. The predicted molar refractivity (Wildman–Crippen MR) is 41.8 cm³/mol. The Labute approximate surface area is 62.2 Å². The van der Waals surface area contributed by atoms with E-state index in [1.54, 1.807) is 7.05 Å². The first-order valence-electron chi connectivity index (χ1n) is 3.67. The van der Waals surface area contributed by atoms with Gasteiger partial charge in [-0.15, -0.1) is 0 Å². The van der Waals surface area contributed by atoms with Gasteiger partial charge < -0.3 is 10.6 Å². The Morgan fingerprint density at radius 2 is 2.20 bits per heavy atom. The van der Waals surface area contributed by atoms with Crippen molar-refractivity contribution < 1.29 is 4.79 Å². The van der Waals surface area contributed by atoms with Gasteiger partial charge in [0.15, 0.2) is 0 Å². The highest BCUT2D eigenvalue weighted by molar-refractivity contribution is 5.80. The summed E-state index contributed by atoms with van der Waals surface area (Å²) in [7, 11) is 1.65. The quantitative estimate of drug-likeness (QED) is 0.588. The molecule has 0 heterocycles. The minimum Gasteiger partial charge on any atom is -0.358 e. The molecule has 60 valence electrons. The maximum Gasteiger partial charge on any atom is 0.236 e. The summed E-state index contributed by atoms with van der Waals surface area (Å²) in [6.45, 7) is 4.83. The van der Waals surface area contributed by atoms with Crippen molar-refractivity contribution in [3.05, 3.63) is 0 Å². The number of hydrogen-bond donors (Lipinski definition) is 2. The first-order chi connectivity index (χ1) is 4.72. The number of likely N-dealkylation sites (N-methyl/N-ethyl adjacent to an activating group) is 1. The lowest BCUT2D eigenvalue weighted by Crippen LogP contribution is -2.40. The summed E-state index contributed by atoms with van der Waals surface area (Å²) < 4.78 is 0. The summed E-state index contributed by atoms with van der Waals surface area (Å²) in [6, 6.07) is -0.0649. The van der Waals surface area contributed by atoms with Gasteiger partial charge in [-0.1, -0.05) is 6.92 Å². The van der Waals surface area contributed by atoms with Crippen molar-refractivity contribution in [2.24, 2.45) is 0 Å². The Hall–Kier alpha value is -0.570. The van der Waals surface area contributed by atoms with Crippen LogP contribution in [0.15, 0.2) is 0 Å². The van der Waals surface area contributed by atoms with E-state index in [0.29, 0.717) is 0 Å². The van der Waals surface area contributed by atoms with Gasteiger partial charge in [-0.3, -0.25) is 4.79 Å². The molecule has 10 heavy (non-hydrogen) atoms. The van der Waals surface area contributed by atoms with Gasteiger partial charge in [0, 0.05) is 7.05 Å². The molecule has 1 atom stereocenters. The van der Waals surface area contributed by atoms with Crippen LogP contribution in [-0.4, -0.2) is 25.5 Å². The molecule has 3 nitrogen and oxygen atoms in total. The summed E-state index contributed by atoms with van der Waals surface area (Å²) in [5, 5.41) is 5.64. The summed E-state index contributed by atoms with van der Waals surface area (Å²) in [4.78, 5) is 10.8. The van der Waals surface area contributed by atoms with Gasteiger partial charge >= 0.3 is 0 Å². The van der Waals surface area contributed by atoms with Crippen LogP contribution in [0.1, 0.15) is 20.3 Å². The molecule has 0 aliphatic carbocycles. The molecule has 0 aliphatic heterocycles. The van der Waals surface area contributed by atoms with Gasteiger partial charge in [0.05, 0.1) is 6.04 Å². The highest BCUT2D eigenvalue weighted by Gasteiger charge is 2.07. The molecule has 0 aromatic rings. The van der Waals surface area contributed by atoms with Crippen LogP contribution in [0, 0.1) is 0 Å². The van der Waals surface area contributed by atoms with Crippen LogP contribution in [0.3, 0.4) is 0 Å². The standard InChI is InChI=1S/C7H16N2O/c1-4-5-9-6(2)7(10)8-3/h6,9H,4-5H2,1-3H3,(H,8,10). The molecule has 0 aromatic heterocycles. The van der Waals surface area contributed by atoms with Crippen molar-refractivity contribution in [1.82, 2.24) is 10.6 Å². The Kier molecular flexibility index (Phi) is 4.94. The van der Waals surface area contributed by atoms with Crippen molar-refractivity contribution in [2.45, 2.75) is 26.3 Å². The molecule has 2 N–H and O–H groups in total. The van der Waals surface area contributed by atoms with E-state index in [1.165, 1.54) is 0 Å². The van der Waals surface area contributed by atoms with E-state index in [1.807, 2.05) is 6.92 Å². The van der Waals surface area contributed by atoms with Crippen LogP contribution < -0.4 is 10.6 Å². The Balaban J connectivity index is 3.41. The lowest BCUT2D eigenvalue weighted by atomic mass is 10.3. The van der Waals surface area contributed by atoms with E-state index in [9.17, 15) is 4.79 Å². The van der Waals surface area contributed by atoms with E-state index in [-0.39, 0.29) is 11.9 Å². The third-order valence-electron chi connectivity index (χ3n) is 1.34. The molecular formula is C7H16N2O. The fourth-order valence-electron chi connectivity index (χ4n) is 0.670. The minimum atomic E-state index is -0.0649. The van der Waals surface area contributed by atoms with Crippen molar-refractivity contribution in [3.8, 4) is 0 Å². The smallest absolute Gasteiger partial charge is 0.236 e. The predicted octanol–water partition coefficient (Wildman–Crippen LogP) is 0.120. The number of amides is 1. The number of carbonyl (C=O) groups excluding carboxylic acids is 1. The van der Waals surface area contributed by atoms with Crippen molar-refractivity contribution in [3.63, 3.8) is 0 Å². The fourth-order valence-corrected chi connectivity index (χ4v) is 0.670. The summed E-state index contributed by atoms with van der Waals surface area (Å²) >= 11 is 0. The lowest BCUT2D eigenvalue weighted by Gasteiger charge is -2.10. The van der Waals surface area contributed by atoms with Crippen LogP contribution in [0.2, 0.25) is 0 Å². The van der Waals surface area contributed by atoms with Crippen LogP contribution in [0.4, 0.5) is 0 Å². The maximum absolute atomic E-state index is 10.8. The third kappa shape index (κ3) is 3.45. The second-order valence-corrected chi connectivity index (χ2v) is 2.29. The van der Waals surface area contributed by atoms with Crippen molar-refractivity contribution in [1.29, 1.82) is 0 Å². The zero-order valence-electron chi connectivity index (χ0n) is 6.90. The van der Waals surface area contributed by atoms with Crippen molar-refractivity contribution in [2.75, 3.05) is 13.6 Å².